The third-order valence-electron chi connectivity index (χ3n) is 3.11. The summed E-state index contributed by atoms with van der Waals surface area (Å²) in [7, 11) is 0. The molecule has 0 aliphatic carbocycles. The van der Waals surface area contributed by atoms with E-state index in [1.165, 1.54) is 11.1 Å². The van der Waals surface area contributed by atoms with Crippen LogP contribution in [0.15, 0.2) is 18.2 Å². The summed E-state index contributed by atoms with van der Waals surface area (Å²) in [4.78, 5) is 0. The van der Waals surface area contributed by atoms with Crippen LogP contribution in [0, 0.1) is 20.8 Å². The summed E-state index contributed by atoms with van der Waals surface area (Å²) in [5.41, 5.74) is 11.2. The average Bonchev–Trinajstić information content (AvgIpc) is 2.56. The minimum atomic E-state index is 0.268. The fourth-order valence-corrected chi connectivity index (χ4v) is 2.24. The molecule has 1 aromatic heterocycles. The van der Waals surface area contributed by atoms with E-state index in [0.29, 0.717) is 5.69 Å². The number of nitrogens with two attached hydrogens (primary N) is 1. The number of aromatic nitrogens is 2. The lowest BCUT2D eigenvalue weighted by atomic mass is 10.1. The SMILES string of the molecule is Cc1cc(C)cc(Nc2c(N)c(C)nn2C(C)C)c1. The highest BCUT2D eigenvalue weighted by molar-refractivity contribution is 5.71. The number of rotatable bonds is 3. The second-order valence-corrected chi connectivity index (χ2v) is 5.39. The molecule has 1 heterocycles. The topological polar surface area (TPSA) is 55.9 Å². The molecule has 0 radical (unpaired) electrons. The van der Waals surface area contributed by atoms with Crippen molar-refractivity contribution in [1.82, 2.24) is 9.78 Å². The largest absolute Gasteiger partial charge is 0.394 e. The molecule has 4 nitrogen and oxygen atoms in total. The maximum Gasteiger partial charge on any atom is 0.152 e. The summed E-state index contributed by atoms with van der Waals surface area (Å²) < 4.78 is 1.93. The Balaban J connectivity index is 2.42. The van der Waals surface area contributed by atoms with E-state index in [2.05, 4.69) is 56.3 Å². The van der Waals surface area contributed by atoms with Crippen LogP contribution in [0.25, 0.3) is 0 Å². The molecule has 0 unspecified atom stereocenters. The van der Waals surface area contributed by atoms with Crippen LogP contribution in [-0.4, -0.2) is 9.78 Å². The second kappa shape index (κ2) is 4.96. The van der Waals surface area contributed by atoms with Crippen molar-refractivity contribution >= 4 is 17.2 Å². The Morgan fingerprint density at radius 1 is 1.11 bits per heavy atom. The molecule has 0 fully saturated rings. The van der Waals surface area contributed by atoms with Gasteiger partial charge in [0, 0.05) is 11.7 Å². The van der Waals surface area contributed by atoms with Gasteiger partial charge in [0.1, 0.15) is 0 Å². The zero-order valence-electron chi connectivity index (χ0n) is 12.3. The Labute approximate surface area is 114 Å². The fraction of sp³-hybridized carbons (Fsp3) is 0.400. The van der Waals surface area contributed by atoms with Gasteiger partial charge < -0.3 is 11.1 Å². The van der Waals surface area contributed by atoms with Crippen molar-refractivity contribution in [3.8, 4) is 0 Å². The van der Waals surface area contributed by atoms with Crippen molar-refractivity contribution < 1.29 is 0 Å². The van der Waals surface area contributed by atoms with Gasteiger partial charge in [0.25, 0.3) is 0 Å². The van der Waals surface area contributed by atoms with Gasteiger partial charge in [-0.1, -0.05) is 6.07 Å². The number of nitrogens with one attached hydrogen (secondary N) is 1. The molecule has 0 spiro atoms. The van der Waals surface area contributed by atoms with E-state index in [4.69, 9.17) is 5.73 Å². The number of benzene rings is 1. The van der Waals surface area contributed by atoms with Crippen molar-refractivity contribution in [2.45, 2.75) is 40.7 Å². The number of hydrogen-bond donors (Lipinski definition) is 2. The lowest BCUT2D eigenvalue weighted by molar-refractivity contribution is 0.536. The third kappa shape index (κ3) is 2.72. The van der Waals surface area contributed by atoms with Crippen molar-refractivity contribution in [3.05, 3.63) is 35.0 Å². The number of anilines is 3. The summed E-state index contributed by atoms with van der Waals surface area (Å²) in [5.74, 6) is 0.873. The van der Waals surface area contributed by atoms with Gasteiger partial charge in [-0.2, -0.15) is 5.10 Å². The molecule has 0 atom stereocenters. The van der Waals surface area contributed by atoms with Crippen molar-refractivity contribution in [2.75, 3.05) is 11.1 Å². The monoisotopic (exact) mass is 258 g/mol. The van der Waals surface area contributed by atoms with Crippen molar-refractivity contribution in [2.24, 2.45) is 0 Å². The van der Waals surface area contributed by atoms with Crippen LogP contribution in [0.2, 0.25) is 0 Å². The fourth-order valence-electron chi connectivity index (χ4n) is 2.24. The maximum atomic E-state index is 6.12. The molecule has 102 valence electrons. The molecule has 4 heteroatoms. The van der Waals surface area contributed by atoms with E-state index < -0.39 is 0 Å². The summed E-state index contributed by atoms with van der Waals surface area (Å²) in [5, 5.41) is 7.88. The Bertz CT molecular complexity index is 576. The molecule has 0 amide bonds. The predicted molar refractivity (Wildman–Crippen MR) is 81.0 cm³/mol. The van der Waals surface area contributed by atoms with E-state index in [0.717, 1.165) is 17.2 Å². The summed E-state index contributed by atoms with van der Waals surface area (Å²) in [6.07, 6.45) is 0. The van der Waals surface area contributed by atoms with E-state index in [1.807, 2.05) is 11.6 Å². The van der Waals surface area contributed by atoms with E-state index in [9.17, 15) is 0 Å². The molecule has 19 heavy (non-hydrogen) atoms. The zero-order valence-corrected chi connectivity index (χ0v) is 12.3. The smallest absolute Gasteiger partial charge is 0.152 e. The Morgan fingerprint density at radius 3 is 2.21 bits per heavy atom. The molecular formula is C15H22N4. The molecule has 0 aliphatic rings. The zero-order chi connectivity index (χ0) is 14.2. The second-order valence-electron chi connectivity index (χ2n) is 5.39. The molecule has 1 aromatic carbocycles. The van der Waals surface area contributed by atoms with Gasteiger partial charge in [0.05, 0.1) is 11.4 Å². The van der Waals surface area contributed by atoms with E-state index in [1.54, 1.807) is 0 Å². The van der Waals surface area contributed by atoms with Crippen LogP contribution in [-0.2, 0) is 0 Å². The number of nitrogen functional groups attached to an aromatic ring is 1. The first-order chi connectivity index (χ1) is 8.88. The number of aryl methyl sites for hydroxylation is 3. The van der Waals surface area contributed by atoms with E-state index >= 15 is 0 Å². The molecule has 0 bridgehead atoms. The highest BCUT2D eigenvalue weighted by Crippen LogP contribution is 2.29. The van der Waals surface area contributed by atoms with Crippen LogP contribution >= 0.6 is 0 Å². The van der Waals surface area contributed by atoms with Crippen molar-refractivity contribution in [3.63, 3.8) is 0 Å². The normalized spacial score (nSPS) is 11.1. The van der Waals surface area contributed by atoms with Crippen LogP contribution < -0.4 is 11.1 Å². The van der Waals surface area contributed by atoms with Crippen LogP contribution in [0.5, 0.6) is 0 Å². The quantitative estimate of drug-likeness (QED) is 0.882. The van der Waals surface area contributed by atoms with Gasteiger partial charge >= 0.3 is 0 Å². The van der Waals surface area contributed by atoms with E-state index in [-0.39, 0.29) is 6.04 Å². The lowest BCUT2D eigenvalue weighted by Gasteiger charge is -2.14. The molecule has 0 saturated carbocycles. The lowest BCUT2D eigenvalue weighted by Crippen LogP contribution is -2.08. The Hall–Kier alpha value is -1.97. The first-order valence-corrected chi connectivity index (χ1v) is 6.58. The molecule has 0 aliphatic heterocycles. The molecule has 0 saturated heterocycles. The minimum Gasteiger partial charge on any atom is -0.394 e. The van der Waals surface area contributed by atoms with Crippen molar-refractivity contribution in [1.29, 1.82) is 0 Å². The summed E-state index contributed by atoms with van der Waals surface area (Å²) >= 11 is 0. The number of nitrogens with zero attached hydrogens (tertiary/aromatic N) is 2. The van der Waals surface area contributed by atoms with Crippen LogP contribution in [0.4, 0.5) is 17.2 Å². The first kappa shape index (κ1) is 13.5. The predicted octanol–water partition coefficient (Wildman–Crippen LogP) is 3.72. The first-order valence-electron chi connectivity index (χ1n) is 6.58. The molecule has 2 aromatic rings. The standard InChI is InChI=1S/C15H22N4/c1-9(2)19-15(14(16)12(5)18-19)17-13-7-10(3)6-11(4)8-13/h6-9,17H,16H2,1-5H3. The average molecular weight is 258 g/mol. The van der Waals surface area contributed by atoms with Gasteiger partial charge in [-0.15, -0.1) is 0 Å². The molecule has 2 rings (SSSR count). The van der Waals surface area contributed by atoms with Gasteiger partial charge in [0.2, 0.25) is 0 Å². The van der Waals surface area contributed by atoms with Crippen LogP contribution in [0.1, 0.15) is 36.7 Å². The van der Waals surface area contributed by atoms with Gasteiger partial charge in [-0.3, -0.25) is 0 Å². The maximum absolute atomic E-state index is 6.12. The molecule has 3 N–H and O–H groups in total. The molecular weight excluding hydrogens is 236 g/mol. The Morgan fingerprint density at radius 2 is 1.68 bits per heavy atom. The van der Waals surface area contributed by atoms with Gasteiger partial charge in [-0.05, 0) is 57.9 Å². The van der Waals surface area contributed by atoms with Gasteiger partial charge in [-0.25, -0.2) is 4.68 Å². The highest BCUT2D eigenvalue weighted by atomic mass is 15.4. The number of hydrogen-bond acceptors (Lipinski definition) is 3. The Kier molecular flexibility index (Phi) is 3.51. The highest BCUT2D eigenvalue weighted by Gasteiger charge is 2.14. The summed E-state index contributed by atoms with van der Waals surface area (Å²) in [6, 6.07) is 6.64. The van der Waals surface area contributed by atoms with Gasteiger partial charge in [0.15, 0.2) is 5.82 Å². The summed E-state index contributed by atoms with van der Waals surface area (Å²) in [6.45, 7) is 10.3. The minimum absolute atomic E-state index is 0.268. The third-order valence-corrected chi connectivity index (χ3v) is 3.11. The van der Waals surface area contributed by atoms with Crippen LogP contribution in [0.3, 0.4) is 0 Å².